The van der Waals surface area contributed by atoms with Gasteiger partial charge in [-0.15, -0.1) is 0 Å². The summed E-state index contributed by atoms with van der Waals surface area (Å²) in [6.45, 7) is 1.79. The summed E-state index contributed by atoms with van der Waals surface area (Å²) in [5.41, 5.74) is 0.939. The first kappa shape index (κ1) is 16.4. The van der Waals surface area contributed by atoms with Crippen molar-refractivity contribution in [3.63, 3.8) is 0 Å². The Hall–Kier alpha value is -2.42. The molecule has 2 aromatic heterocycles. The molecule has 1 unspecified atom stereocenters. The highest BCUT2D eigenvalue weighted by Crippen LogP contribution is 2.19. The molecule has 1 fully saturated rings. The summed E-state index contributed by atoms with van der Waals surface area (Å²) in [5.74, 6) is 1.09. The zero-order valence-electron chi connectivity index (χ0n) is 13.4. The Labute approximate surface area is 139 Å². The number of nitrogens with one attached hydrogen (secondary N) is 1. The van der Waals surface area contributed by atoms with Crippen molar-refractivity contribution in [2.45, 2.75) is 19.4 Å². The molecular formula is C15H18N4O4S. The summed E-state index contributed by atoms with van der Waals surface area (Å²) in [7, 11) is -1.42. The molecule has 8 nitrogen and oxygen atoms in total. The average molecular weight is 350 g/mol. The second kappa shape index (κ2) is 6.23. The Kier molecular flexibility index (Phi) is 4.27. The zero-order chi connectivity index (χ0) is 17.3. The lowest BCUT2D eigenvalue weighted by atomic mass is 10.2. The molecule has 3 heterocycles. The summed E-state index contributed by atoms with van der Waals surface area (Å²) < 4.78 is 28.1. The highest BCUT2D eigenvalue weighted by atomic mass is 32.2. The second-order valence-electron chi connectivity index (χ2n) is 5.85. The van der Waals surface area contributed by atoms with Gasteiger partial charge in [0, 0.05) is 19.2 Å². The summed E-state index contributed by atoms with van der Waals surface area (Å²) in [4.78, 5) is 18.0. The van der Waals surface area contributed by atoms with E-state index >= 15 is 0 Å². The average Bonchev–Trinajstić information content (AvgIpc) is 3.12. The van der Waals surface area contributed by atoms with E-state index in [0.29, 0.717) is 23.7 Å². The van der Waals surface area contributed by atoms with Crippen LogP contribution in [0.1, 0.15) is 22.7 Å². The third-order valence-corrected chi connectivity index (χ3v) is 5.71. The van der Waals surface area contributed by atoms with Crippen molar-refractivity contribution in [3.8, 4) is 0 Å². The van der Waals surface area contributed by atoms with E-state index < -0.39 is 9.84 Å². The van der Waals surface area contributed by atoms with Crippen molar-refractivity contribution in [2.75, 3.05) is 23.9 Å². The minimum Gasteiger partial charge on any atom is -0.360 e. The van der Waals surface area contributed by atoms with Gasteiger partial charge in [0.25, 0.3) is 5.91 Å². The molecule has 0 aliphatic carbocycles. The molecule has 0 saturated carbocycles. The fourth-order valence-electron chi connectivity index (χ4n) is 2.59. The highest BCUT2D eigenvalue weighted by Gasteiger charge is 2.33. The van der Waals surface area contributed by atoms with E-state index in [4.69, 9.17) is 4.52 Å². The molecule has 2 aromatic rings. The van der Waals surface area contributed by atoms with E-state index in [1.165, 1.54) is 11.1 Å². The summed E-state index contributed by atoms with van der Waals surface area (Å²) in [5, 5.41) is 6.83. The van der Waals surface area contributed by atoms with Crippen LogP contribution in [-0.4, -0.2) is 54.0 Å². The highest BCUT2D eigenvalue weighted by molar-refractivity contribution is 7.91. The van der Waals surface area contributed by atoms with E-state index in [1.54, 1.807) is 32.2 Å². The third kappa shape index (κ3) is 3.56. The quantitative estimate of drug-likeness (QED) is 0.888. The van der Waals surface area contributed by atoms with Gasteiger partial charge in [-0.1, -0.05) is 5.16 Å². The Balaban J connectivity index is 1.67. The van der Waals surface area contributed by atoms with Crippen LogP contribution in [0.4, 0.5) is 11.5 Å². The normalized spacial score (nSPS) is 19.2. The molecule has 1 saturated heterocycles. The number of carbonyl (C=O) groups is 1. The van der Waals surface area contributed by atoms with Crippen LogP contribution in [-0.2, 0) is 9.84 Å². The van der Waals surface area contributed by atoms with Gasteiger partial charge in [-0.3, -0.25) is 4.79 Å². The van der Waals surface area contributed by atoms with Gasteiger partial charge in [-0.05, 0) is 25.5 Å². The van der Waals surface area contributed by atoms with E-state index in [-0.39, 0.29) is 29.1 Å². The van der Waals surface area contributed by atoms with Crippen LogP contribution in [0.15, 0.2) is 28.9 Å². The largest absolute Gasteiger partial charge is 0.360 e. The third-order valence-electron chi connectivity index (χ3n) is 3.96. The van der Waals surface area contributed by atoms with Crippen LogP contribution in [0, 0.1) is 6.92 Å². The molecule has 128 valence electrons. The van der Waals surface area contributed by atoms with Gasteiger partial charge in [0.05, 0.1) is 23.4 Å². The van der Waals surface area contributed by atoms with Crippen LogP contribution in [0.25, 0.3) is 0 Å². The lowest BCUT2D eigenvalue weighted by molar-refractivity contribution is 0.0742. The lowest BCUT2D eigenvalue weighted by Gasteiger charge is -2.22. The van der Waals surface area contributed by atoms with Crippen molar-refractivity contribution in [2.24, 2.45) is 0 Å². The molecule has 1 aliphatic rings. The topological polar surface area (TPSA) is 105 Å². The number of nitrogens with zero attached hydrogens (tertiary/aromatic N) is 3. The van der Waals surface area contributed by atoms with Gasteiger partial charge in [0.1, 0.15) is 11.5 Å². The molecule has 1 atom stereocenters. The number of carbonyl (C=O) groups excluding carboxylic acids is 1. The molecule has 0 bridgehead atoms. The molecule has 0 aromatic carbocycles. The first-order chi connectivity index (χ1) is 11.3. The van der Waals surface area contributed by atoms with Gasteiger partial charge >= 0.3 is 0 Å². The van der Waals surface area contributed by atoms with Gasteiger partial charge in [0.2, 0.25) is 0 Å². The molecule has 1 aliphatic heterocycles. The Morgan fingerprint density at radius 2 is 2.21 bits per heavy atom. The van der Waals surface area contributed by atoms with Gasteiger partial charge < -0.3 is 14.7 Å². The first-order valence-corrected chi connectivity index (χ1v) is 9.30. The monoisotopic (exact) mass is 350 g/mol. The smallest absolute Gasteiger partial charge is 0.272 e. The number of aromatic nitrogens is 2. The lowest BCUT2D eigenvalue weighted by Crippen LogP contribution is -2.38. The van der Waals surface area contributed by atoms with E-state index in [1.807, 2.05) is 0 Å². The predicted molar refractivity (Wildman–Crippen MR) is 87.9 cm³/mol. The molecule has 3 rings (SSSR count). The fraction of sp³-hybridized carbons (Fsp3) is 0.400. The molecule has 9 heteroatoms. The van der Waals surface area contributed by atoms with Gasteiger partial charge in [-0.25, -0.2) is 13.4 Å². The molecule has 24 heavy (non-hydrogen) atoms. The first-order valence-electron chi connectivity index (χ1n) is 7.48. The van der Waals surface area contributed by atoms with Crippen LogP contribution >= 0.6 is 0 Å². The maximum absolute atomic E-state index is 12.4. The van der Waals surface area contributed by atoms with E-state index in [0.717, 1.165) is 0 Å². The van der Waals surface area contributed by atoms with E-state index in [9.17, 15) is 13.2 Å². The molecule has 1 amide bonds. The number of aryl methyl sites for hydroxylation is 1. The van der Waals surface area contributed by atoms with Crippen molar-refractivity contribution in [3.05, 3.63) is 35.9 Å². The van der Waals surface area contributed by atoms with Gasteiger partial charge in [0.15, 0.2) is 15.7 Å². The minimum absolute atomic E-state index is 0.0143. The number of hydrogen-bond donors (Lipinski definition) is 1. The number of rotatable bonds is 4. The van der Waals surface area contributed by atoms with Crippen LogP contribution in [0.3, 0.4) is 0 Å². The Morgan fingerprint density at radius 3 is 2.75 bits per heavy atom. The zero-order valence-corrected chi connectivity index (χ0v) is 14.2. The number of amides is 1. The van der Waals surface area contributed by atoms with Crippen molar-refractivity contribution >= 4 is 27.2 Å². The molecular weight excluding hydrogens is 332 g/mol. The van der Waals surface area contributed by atoms with Crippen LogP contribution < -0.4 is 5.32 Å². The fourth-order valence-corrected chi connectivity index (χ4v) is 4.37. The van der Waals surface area contributed by atoms with E-state index in [2.05, 4.69) is 15.5 Å². The second-order valence-corrected chi connectivity index (χ2v) is 8.08. The number of anilines is 2. The van der Waals surface area contributed by atoms with Crippen LogP contribution in [0.5, 0.6) is 0 Å². The number of pyridine rings is 1. The maximum atomic E-state index is 12.4. The maximum Gasteiger partial charge on any atom is 0.272 e. The van der Waals surface area contributed by atoms with Crippen molar-refractivity contribution in [1.82, 2.24) is 15.0 Å². The summed E-state index contributed by atoms with van der Waals surface area (Å²) in [6.07, 6.45) is 1.99. The van der Waals surface area contributed by atoms with Crippen LogP contribution in [0.2, 0.25) is 0 Å². The summed E-state index contributed by atoms with van der Waals surface area (Å²) >= 11 is 0. The molecule has 0 spiro atoms. The number of sulfone groups is 1. The van der Waals surface area contributed by atoms with Gasteiger partial charge in [-0.2, -0.15) is 0 Å². The minimum atomic E-state index is -3.04. The Bertz CT molecular complexity index is 845. The molecule has 1 N–H and O–H groups in total. The van der Waals surface area contributed by atoms with Crippen molar-refractivity contribution in [1.29, 1.82) is 0 Å². The molecule has 0 radical (unpaired) electrons. The predicted octanol–water partition coefficient (Wildman–Crippen LogP) is 1.38. The Morgan fingerprint density at radius 1 is 1.42 bits per heavy atom. The van der Waals surface area contributed by atoms with Crippen molar-refractivity contribution < 1.29 is 17.7 Å². The SMILES string of the molecule is Cc1cc(Nc2ccc(C(=O)N(C)C3CCS(=O)(=O)C3)nc2)no1. The number of hydrogen-bond acceptors (Lipinski definition) is 7. The summed E-state index contributed by atoms with van der Waals surface area (Å²) in [6, 6.07) is 4.76. The standard InChI is InChI=1S/C15H18N4O4S/c1-10-7-14(18-23-10)17-11-3-4-13(16-8-11)15(20)19(2)12-5-6-24(21,22)9-12/h3-4,7-8,12H,5-6,9H2,1-2H3,(H,17,18).